The number of carbonyl (C=O) groups excluding carboxylic acids is 1. The molecular weight excluding hydrogens is 300 g/mol. The lowest BCUT2D eigenvalue weighted by molar-refractivity contribution is -0.266. The highest BCUT2D eigenvalue weighted by Crippen LogP contribution is 2.56. The summed E-state index contributed by atoms with van der Waals surface area (Å²) in [4.78, 5) is 13.6. The van der Waals surface area contributed by atoms with Gasteiger partial charge in [-0.2, -0.15) is 0 Å². The minimum absolute atomic E-state index is 0.00315. The lowest BCUT2D eigenvalue weighted by atomic mass is 9.70. The maximum Gasteiger partial charge on any atom is 0.198 e. The van der Waals surface area contributed by atoms with Crippen molar-refractivity contribution >= 4 is 17.5 Å². The quantitative estimate of drug-likeness (QED) is 0.867. The number of rotatable bonds is 3. The minimum atomic E-state index is -1.29. The molecule has 5 atom stereocenters. The highest BCUT2D eigenvalue weighted by Gasteiger charge is 2.69. The standard InChI is InChI=1S/C17H20O4S/c1-10-3-5-11(6-4-10)22-9-13-12-7-17(19)16(2,8-14(12)18)20-15(13)21-17/h3-6,12-13,15,19H,7-9H2,1-2H3/t12-,13+,15+,16+,17-/m1/s1. The highest BCUT2D eigenvalue weighted by atomic mass is 32.2. The number of Topliss-reactive ketones (excluding diaryl/α,β-unsaturated/α-hetero) is 1. The van der Waals surface area contributed by atoms with Gasteiger partial charge in [0.15, 0.2) is 12.1 Å². The zero-order valence-corrected chi connectivity index (χ0v) is 13.6. The van der Waals surface area contributed by atoms with Gasteiger partial charge in [0.25, 0.3) is 0 Å². The van der Waals surface area contributed by atoms with Gasteiger partial charge in [0.05, 0.1) is 0 Å². The zero-order valence-electron chi connectivity index (χ0n) is 12.7. The molecule has 3 aliphatic rings. The maximum absolute atomic E-state index is 12.4. The number of aliphatic hydroxyl groups is 1. The van der Waals surface area contributed by atoms with Crippen LogP contribution in [0.5, 0.6) is 0 Å². The van der Waals surface area contributed by atoms with E-state index in [2.05, 4.69) is 31.2 Å². The van der Waals surface area contributed by atoms with E-state index in [0.29, 0.717) is 6.42 Å². The van der Waals surface area contributed by atoms with Crippen molar-refractivity contribution in [1.82, 2.24) is 0 Å². The first-order valence-corrected chi connectivity index (χ1v) is 8.69. The molecule has 3 fully saturated rings. The summed E-state index contributed by atoms with van der Waals surface area (Å²) in [5.74, 6) is -0.481. The van der Waals surface area contributed by atoms with Gasteiger partial charge < -0.3 is 14.6 Å². The number of benzene rings is 1. The number of hydrogen-bond donors (Lipinski definition) is 1. The largest absolute Gasteiger partial charge is 0.363 e. The van der Waals surface area contributed by atoms with Crippen molar-refractivity contribution in [3.63, 3.8) is 0 Å². The highest BCUT2D eigenvalue weighted by molar-refractivity contribution is 7.99. The third-order valence-corrected chi connectivity index (χ3v) is 6.42. The molecule has 0 radical (unpaired) electrons. The van der Waals surface area contributed by atoms with Crippen LogP contribution < -0.4 is 0 Å². The Morgan fingerprint density at radius 1 is 1.32 bits per heavy atom. The van der Waals surface area contributed by atoms with E-state index in [9.17, 15) is 9.90 Å². The SMILES string of the molecule is Cc1ccc(SC[C@@H]2[C@@H]3O[C@]4(O)C[C@H]2C(=O)C[C@]4(C)O3)cc1. The average molecular weight is 320 g/mol. The minimum Gasteiger partial charge on any atom is -0.363 e. The summed E-state index contributed by atoms with van der Waals surface area (Å²) >= 11 is 1.72. The molecule has 1 aromatic rings. The van der Waals surface area contributed by atoms with Crippen LogP contribution >= 0.6 is 11.8 Å². The van der Waals surface area contributed by atoms with Gasteiger partial charge in [0.1, 0.15) is 11.4 Å². The first-order valence-electron chi connectivity index (χ1n) is 7.70. The van der Waals surface area contributed by atoms with Gasteiger partial charge in [-0.05, 0) is 26.0 Å². The van der Waals surface area contributed by atoms with Crippen molar-refractivity contribution in [3.8, 4) is 0 Å². The van der Waals surface area contributed by atoms with E-state index in [1.807, 2.05) is 0 Å². The molecule has 1 N–H and O–H groups in total. The molecule has 22 heavy (non-hydrogen) atoms. The van der Waals surface area contributed by atoms with Gasteiger partial charge in [-0.25, -0.2) is 0 Å². The van der Waals surface area contributed by atoms with Crippen LogP contribution in [0.15, 0.2) is 29.2 Å². The molecule has 4 rings (SSSR count). The average Bonchev–Trinajstić information content (AvgIpc) is 2.62. The van der Waals surface area contributed by atoms with Crippen LogP contribution in [0, 0.1) is 18.8 Å². The van der Waals surface area contributed by atoms with Gasteiger partial charge >= 0.3 is 0 Å². The molecule has 0 aromatic heterocycles. The van der Waals surface area contributed by atoms with E-state index in [1.54, 1.807) is 18.7 Å². The molecule has 0 unspecified atom stereocenters. The lowest BCUT2D eigenvalue weighted by Crippen LogP contribution is -2.59. The van der Waals surface area contributed by atoms with Crippen LogP contribution in [0.3, 0.4) is 0 Å². The summed E-state index contributed by atoms with van der Waals surface area (Å²) in [6.45, 7) is 3.85. The Hall–Kier alpha value is -0.880. The van der Waals surface area contributed by atoms with E-state index in [4.69, 9.17) is 9.47 Å². The van der Waals surface area contributed by atoms with Crippen molar-refractivity contribution in [1.29, 1.82) is 0 Å². The molecule has 2 aliphatic heterocycles. The number of aryl methyl sites for hydroxylation is 1. The van der Waals surface area contributed by atoms with Crippen LogP contribution in [0.2, 0.25) is 0 Å². The van der Waals surface area contributed by atoms with Crippen LogP contribution in [0.4, 0.5) is 0 Å². The fourth-order valence-corrected chi connectivity index (χ4v) is 4.89. The Balaban J connectivity index is 1.53. The Kier molecular flexibility index (Phi) is 3.21. The van der Waals surface area contributed by atoms with E-state index < -0.39 is 17.7 Å². The van der Waals surface area contributed by atoms with Gasteiger partial charge in [-0.1, -0.05) is 17.7 Å². The molecule has 2 saturated heterocycles. The van der Waals surface area contributed by atoms with Crippen LogP contribution in [0.25, 0.3) is 0 Å². The monoisotopic (exact) mass is 320 g/mol. The van der Waals surface area contributed by atoms with Crippen molar-refractivity contribution in [2.45, 2.75) is 49.3 Å². The Morgan fingerprint density at radius 2 is 2.05 bits per heavy atom. The second-order valence-electron chi connectivity index (χ2n) is 6.86. The zero-order chi connectivity index (χ0) is 15.5. The summed E-state index contributed by atoms with van der Waals surface area (Å²) in [6, 6.07) is 8.36. The molecule has 0 amide bonds. The molecule has 2 heterocycles. The second-order valence-corrected chi connectivity index (χ2v) is 7.95. The lowest BCUT2D eigenvalue weighted by Gasteiger charge is -2.45. The summed E-state index contributed by atoms with van der Waals surface area (Å²) < 4.78 is 11.7. The number of carbonyl (C=O) groups is 1. The Morgan fingerprint density at radius 3 is 2.77 bits per heavy atom. The topological polar surface area (TPSA) is 55.8 Å². The van der Waals surface area contributed by atoms with Crippen molar-refractivity contribution in [2.75, 3.05) is 5.75 Å². The maximum atomic E-state index is 12.4. The summed E-state index contributed by atoms with van der Waals surface area (Å²) in [5, 5.41) is 10.6. The number of thioether (sulfide) groups is 1. The molecule has 4 nitrogen and oxygen atoms in total. The fourth-order valence-electron chi connectivity index (χ4n) is 3.78. The van der Waals surface area contributed by atoms with Gasteiger partial charge in [-0.3, -0.25) is 4.79 Å². The molecule has 1 aliphatic carbocycles. The van der Waals surface area contributed by atoms with E-state index in [1.165, 1.54) is 10.5 Å². The third-order valence-electron chi connectivity index (χ3n) is 5.27. The van der Waals surface area contributed by atoms with E-state index >= 15 is 0 Å². The Bertz CT molecular complexity index is 616. The Labute approximate surface area is 134 Å². The first kappa shape index (κ1) is 14.7. The molecule has 1 aromatic carbocycles. The molecular formula is C17H20O4S. The van der Waals surface area contributed by atoms with E-state index in [0.717, 1.165) is 5.75 Å². The summed E-state index contributed by atoms with van der Waals surface area (Å²) in [5.41, 5.74) is 0.352. The van der Waals surface area contributed by atoms with Gasteiger partial charge in [-0.15, -0.1) is 11.8 Å². The van der Waals surface area contributed by atoms with Crippen LogP contribution in [-0.4, -0.2) is 34.3 Å². The molecule has 0 spiro atoms. The predicted molar refractivity (Wildman–Crippen MR) is 82.4 cm³/mol. The van der Waals surface area contributed by atoms with Crippen LogP contribution in [0.1, 0.15) is 25.3 Å². The molecule has 5 heteroatoms. The van der Waals surface area contributed by atoms with Gasteiger partial charge in [0.2, 0.25) is 0 Å². The van der Waals surface area contributed by atoms with Crippen molar-refractivity contribution < 1.29 is 19.4 Å². The number of ketones is 1. The molecule has 118 valence electrons. The fraction of sp³-hybridized carbons (Fsp3) is 0.588. The number of ether oxygens (including phenoxy) is 2. The smallest absolute Gasteiger partial charge is 0.198 e. The predicted octanol–water partition coefficient (Wildman–Crippen LogP) is 2.52. The first-order chi connectivity index (χ1) is 10.4. The summed E-state index contributed by atoms with van der Waals surface area (Å²) in [7, 11) is 0. The van der Waals surface area contributed by atoms with Gasteiger partial charge in [0, 0.05) is 35.3 Å². The normalized spacial score (nSPS) is 42.9. The van der Waals surface area contributed by atoms with Crippen LogP contribution in [-0.2, 0) is 14.3 Å². The third kappa shape index (κ3) is 2.07. The van der Waals surface area contributed by atoms with Crippen molar-refractivity contribution in [2.24, 2.45) is 11.8 Å². The van der Waals surface area contributed by atoms with E-state index in [-0.39, 0.29) is 24.0 Å². The summed E-state index contributed by atoms with van der Waals surface area (Å²) in [6.07, 6.45) is 0.132. The molecule has 3 bridgehead atoms. The molecule has 1 saturated carbocycles. The number of hydrogen-bond acceptors (Lipinski definition) is 5. The van der Waals surface area contributed by atoms with Crippen molar-refractivity contribution in [3.05, 3.63) is 29.8 Å². The number of fused-ring (bicyclic) bond motifs is 2. The second kappa shape index (κ2) is 4.81.